The molecule has 0 fully saturated rings. The highest BCUT2D eigenvalue weighted by atomic mass is 79.9. The minimum atomic E-state index is 0.218. The number of methoxy groups -OCH3 is 1. The molecule has 3 nitrogen and oxygen atoms in total. The van der Waals surface area contributed by atoms with Gasteiger partial charge in [-0.3, -0.25) is 4.98 Å². The number of hydrogen-bond acceptors (Lipinski definition) is 3. The number of hydrogen-bond donors (Lipinski definition) is 1. The zero-order valence-corrected chi connectivity index (χ0v) is 12.6. The molecule has 0 aliphatic rings. The first-order valence-corrected chi connectivity index (χ1v) is 6.95. The fourth-order valence-corrected chi connectivity index (χ4v) is 2.37. The molecule has 0 aliphatic heterocycles. The molecule has 2 rings (SSSR count). The summed E-state index contributed by atoms with van der Waals surface area (Å²) in [6.07, 6.45) is 3.65. The lowest BCUT2D eigenvalue weighted by atomic mass is 10.1. The summed E-state index contributed by atoms with van der Waals surface area (Å²) in [4.78, 5) is 4.16. The summed E-state index contributed by atoms with van der Waals surface area (Å²) in [7, 11) is 1.70. The molecule has 1 aromatic carbocycles. The van der Waals surface area contributed by atoms with E-state index in [4.69, 9.17) is 4.74 Å². The monoisotopic (exact) mass is 320 g/mol. The van der Waals surface area contributed by atoms with Crippen molar-refractivity contribution in [3.05, 3.63) is 58.3 Å². The van der Waals surface area contributed by atoms with E-state index in [2.05, 4.69) is 45.3 Å². The van der Waals surface area contributed by atoms with Crippen LogP contribution < -0.4 is 10.1 Å². The average Bonchev–Trinajstić information content (AvgIpc) is 2.45. The van der Waals surface area contributed by atoms with Crippen molar-refractivity contribution in [3.8, 4) is 5.75 Å². The van der Waals surface area contributed by atoms with E-state index in [9.17, 15) is 0 Å². The zero-order valence-electron chi connectivity index (χ0n) is 11.1. The highest BCUT2D eigenvalue weighted by Crippen LogP contribution is 2.24. The standard InChI is InChI=1S/C15H17BrN2O/c1-11(14-5-3-4-6-15(14)19-2)18-9-12-7-13(16)10-17-8-12/h3-8,10-11,18H,9H2,1-2H3/t11-/m0/s1. The molecule has 0 radical (unpaired) electrons. The molecule has 0 saturated carbocycles. The third-order valence-electron chi connectivity index (χ3n) is 2.98. The number of pyridine rings is 1. The summed E-state index contributed by atoms with van der Waals surface area (Å²) in [6, 6.07) is 10.3. The smallest absolute Gasteiger partial charge is 0.123 e. The Kier molecular flexibility index (Phi) is 4.93. The molecule has 0 saturated heterocycles. The van der Waals surface area contributed by atoms with Crippen LogP contribution >= 0.6 is 15.9 Å². The Labute approximate surface area is 122 Å². The van der Waals surface area contributed by atoms with Gasteiger partial charge in [0, 0.05) is 35.0 Å². The Morgan fingerprint density at radius 2 is 2.11 bits per heavy atom. The van der Waals surface area contributed by atoms with Crippen LogP contribution in [0.3, 0.4) is 0 Å². The predicted molar refractivity (Wildman–Crippen MR) is 80.2 cm³/mol. The molecule has 19 heavy (non-hydrogen) atoms. The number of para-hydroxylation sites is 1. The first-order valence-electron chi connectivity index (χ1n) is 6.16. The number of nitrogens with one attached hydrogen (secondary N) is 1. The Bertz CT molecular complexity index is 545. The van der Waals surface area contributed by atoms with E-state index in [0.29, 0.717) is 0 Å². The summed E-state index contributed by atoms with van der Waals surface area (Å²) in [5.41, 5.74) is 2.31. The van der Waals surface area contributed by atoms with Crippen LogP contribution in [0.4, 0.5) is 0 Å². The highest BCUT2D eigenvalue weighted by molar-refractivity contribution is 9.10. The lowest BCUT2D eigenvalue weighted by Gasteiger charge is -2.17. The second kappa shape index (κ2) is 6.68. The van der Waals surface area contributed by atoms with Crippen LogP contribution in [0.2, 0.25) is 0 Å². The Morgan fingerprint density at radius 3 is 2.84 bits per heavy atom. The molecule has 4 heteroatoms. The molecular weight excluding hydrogens is 304 g/mol. The molecule has 1 aromatic heterocycles. The minimum Gasteiger partial charge on any atom is -0.496 e. The van der Waals surface area contributed by atoms with Gasteiger partial charge < -0.3 is 10.1 Å². The van der Waals surface area contributed by atoms with Gasteiger partial charge in [0.15, 0.2) is 0 Å². The molecule has 1 N–H and O–H groups in total. The van der Waals surface area contributed by atoms with Gasteiger partial charge in [-0.05, 0) is 40.5 Å². The number of benzene rings is 1. The van der Waals surface area contributed by atoms with Crippen molar-refractivity contribution < 1.29 is 4.74 Å². The summed E-state index contributed by atoms with van der Waals surface area (Å²) >= 11 is 3.43. The van der Waals surface area contributed by atoms with Crippen LogP contribution in [0, 0.1) is 0 Å². The van der Waals surface area contributed by atoms with Crippen molar-refractivity contribution in [2.75, 3.05) is 7.11 Å². The van der Waals surface area contributed by atoms with Gasteiger partial charge in [0.1, 0.15) is 5.75 Å². The minimum absolute atomic E-state index is 0.218. The summed E-state index contributed by atoms with van der Waals surface area (Å²) in [6.45, 7) is 2.90. The number of aromatic nitrogens is 1. The van der Waals surface area contributed by atoms with Crippen molar-refractivity contribution in [1.82, 2.24) is 10.3 Å². The Balaban J connectivity index is 2.03. The average molecular weight is 321 g/mol. The Hall–Kier alpha value is -1.39. The van der Waals surface area contributed by atoms with E-state index in [-0.39, 0.29) is 6.04 Å². The second-order valence-corrected chi connectivity index (χ2v) is 5.27. The second-order valence-electron chi connectivity index (χ2n) is 4.36. The fourth-order valence-electron chi connectivity index (χ4n) is 1.96. The Morgan fingerprint density at radius 1 is 1.32 bits per heavy atom. The molecule has 1 heterocycles. The largest absolute Gasteiger partial charge is 0.496 e. The first-order chi connectivity index (χ1) is 9.20. The maximum Gasteiger partial charge on any atom is 0.123 e. The van der Waals surface area contributed by atoms with Crippen molar-refractivity contribution in [2.24, 2.45) is 0 Å². The van der Waals surface area contributed by atoms with Gasteiger partial charge >= 0.3 is 0 Å². The summed E-state index contributed by atoms with van der Waals surface area (Å²) in [5.74, 6) is 0.912. The third-order valence-corrected chi connectivity index (χ3v) is 3.41. The van der Waals surface area contributed by atoms with Crippen LogP contribution in [0.15, 0.2) is 47.2 Å². The van der Waals surface area contributed by atoms with Crippen molar-refractivity contribution in [3.63, 3.8) is 0 Å². The van der Waals surface area contributed by atoms with E-state index in [1.165, 1.54) is 0 Å². The lowest BCUT2D eigenvalue weighted by Crippen LogP contribution is -2.18. The maximum absolute atomic E-state index is 5.38. The normalized spacial score (nSPS) is 12.2. The van der Waals surface area contributed by atoms with Crippen LogP contribution in [0.5, 0.6) is 5.75 Å². The van der Waals surface area contributed by atoms with Crippen LogP contribution in [-0.2, 0) is 6.54 Å². The number of halogens is 1. The maximum atomic E-state index is 5.38. The van der Waals surface area contributed by atoms with Crippen molar-refractivity contribution >= 4 is 15.9 Å². The van der Waals surface area contributed by atoms with Crippen LogP contribution in [-0.4, -0.2) is 12.1 Å². The van der Waals surface area contributed by atoms with E-state index < -0.39 is 0 Å². The quantitative estimate of drug-likeness (QED) is 0.912. The van der Waals surface area contributed by atoms with Gasteiger partial charge in [0.05, 0.1) is 7.11 Å². The predicted octanol–water partition coefficient (Wildman–Crippen LogP) is 3.70. The SMILES string of the molecule is COc1ccccc1[C@H](C)NCc1cncc(Br)c1. The summed E-state index contributed by atoms with van der Waals surface area (Å²) in [5, 5.41) is 3.48. The third kappa shape index (κ3) is 3.78. The molecule has 0 spiro atoms. The topological polar surface area (TPSA) is 34.1 Å². The van der Waals surface area contributed by atoms with E-state index in [0.717, 1.165) is 27.9 Å². The molecule has 1 atom stereocenters. The van der Waals surface area contributed by atoms with E-state index in [1.54, 1.807) is 13.3 Å². The van der Waals surface area contributed by atoms with Gasteiger partial charge in [0.2, 0.25) is 0 Å². The first kappa shape index (κ1) is 14.0. The molecular formula is C15H17BrN2O. The molecule has 0 bridgehead atoms. The van der Waals surface area contributed by atoms with Gasteiger partial charge in [-0.25, -0.2) is 0 Å². The van der Waals surface area contributed by atoms with Gasteiger partial charge in [0.25, 0.3) is 0 Å². The van der Waals surface area contributed by atoms with E-state index >= 15 is 0 Å². The van der Waals surface area contributed by atoms with Gasteiger partial charge in [-0.15, -0.1) is 0 Å². The zero-order chi connectivity index (χ0) is 13.7. The van der Waals surface area contributed by atoms with Crippen LogP contribution in [0.1, 0.15) is 24.1 Å². The number of nitrogens with zero attached hydrogens (tertiary/aromatic N) is 1. The van der Waals surface area contributed by atoms with E-state index in [1.807, 2.05) is 24.4 Å². The molecule has 2 aromatic rings. The molecule has 0 amide bonds. The van der Waals surface area contributed by atoms with Crippen LogP contribution in [0.25, 0.3) is 0 Å². The summed E-state index contributed by atoms with van der Waals surface area (Å²) < 4.78 is 6.37. The van der Waals surface area contributed by atoms with Gasteiger partial charge in [-0.1, -0.05) is 18.2 Å². The number of ether oxygens (including phenoxy) is 1. The molecule has 0 aliphatic carbocycles. The molecule has 0 unspecified atom stereocenters. The van der Waals surface area contributed by atoms with Crippen molar-refractivity contribution in [2.45, 2.75) is 19.5 Å². The van der Waals surface area contributed by atoms with Crippen molar-refractivity contribution in [1.29, 1.82) is 0 Å². The highest BCUT2D eigenvalue weighted by Gasteiger charge is 2.10. The number of rotatable bonds is 5. The fraction of sp³-hybridized carbons (Fsp3) is 0.267. The van der Waals surface area contributed by atoms with Gasteiger partial charge in [-0.2, -0.15) is 0 Å². The molecule has 100 valence electrons. The lowest BCUT2D eigenvalue weighted by molar-refractivity contribution is 0.401.